The number of pyridine rings is 1. The number of nitrogens with one attached hydrogen (secondary N) is 1. The van der Waals surface area contributed by atoms with Gasteiger partial charge in [0.15, 0.2) is 0 Å². The molecular weight excluding hydrogens is 236 g/mol. The summed E-state index contributed by atoms with van der Waals surface area (Å²) in [6.45, 7) is 0. The van der Waals surface area contributed by atoms with Gasteiger partial charge in [-0.3, -0.25) is 9.78 Å². The zero-order valence-corrected chi connectivity index (χ0v) is 10.7. The lowest BCUT2D eigenvalue weighted by Crippen LogP contribution is -2.30. The molecule has 1 aromatic heterocycles. The molecule has 0 aliphatic heterocycles. The summed E-state index contributed by atoms with van der Waals surface area (Å²) in [5, 5.41) is 3.12. The van der Waals surface area contributed by atoms with Crippen LogP contribution in [0.4, 0.5) is 0 Å². The number of rotatable bonds is 2. The summed E-state index contributed by atoms with van der Waals surface area (Å²) in [5.41, 5.74) is 3.28. The Morgan fingerprint density at radius 2 is 1.95 bits per heavy atom. The fourth-order valence-corrected chi connectivity index (χ4v) is 2.65. The summed E-state index contributed by atoms with van der Waals surface area (Å²) in [5.74, 6) is -0.0240. The van der Waals surface area contributed by atoms with Crippen molar-refractivity contribution in [2.75, 3.05) is 0 Å². The van der Waals surface area contributed by atoms with Gasteiger partial charge in [-0.25, -0.2) is 0 Å². The van der Waals surface area contributed by atoms with E-state index in [2.05, 4.69) is 28.5 Å². The predicted octanol–water partition coefficient (Wildman–Crippen LogP) is 2.89. The van der Waals surface area contributed by atoms with Gasteiger partial charge < -0.3 is 5.32 Å². The molecule has 2 aromatic rings. The van der Waals surface area contributed by atoms with E-state index in [9.17, 15) is 4.79 Å². The molecule has 1 N–H and O–H groups in total. The second-order valence-electron chi connectivity index (χ2n) is 4.85. The van der Waals surface area contributed by atoms with Gasteiger partial charge in [-0.15, -0.1) is 0 Å². The molecule has 1 aromatic carbocycles. The minimum absolute atomic E-state index is 0.0240. The number of aromatic nitrogens is 1. The molecule has 3 rings (SSSR count). The van der Waals surface area contributed by atoms with Gasteiger partial charge in [0, 0.05) is 18.0 Å². The van der Waals surface area contributed by atoms with Gasteiger partial charge in [-0.2, -0.15) is 0 Å². The molecule has 1 aliphatic rings. The van der Waals surface area contributed by atoms with Crippen LogP contribution < -0.4 is 5.32 Å². The predicted molar refractivity (Wildman–Crippen MR) is 73.8 cm³/mol. The molecule has 1 atom stereocenters. The third-order valence-corrected chi connectivity index (χ3v) is 3.62. The van der Waals surface area contributed by atoms with Crippen LogP contribution in [0.25, 0.3) is 0 Å². The highest BCUT2D eigenvalue weighted by molar-refractivity contribution is 5.94. The van der Waals surface area contributed by atoms with Crippen molar-refractivity contribution in [2.24, 2.45) is 0 Å². The minimum atomic E-state index is -0.0240. The van der Waals surface area contributed by atoms with E-state index in [1.54, 1.807) is 24.5 Å². The van der Waals surface area contributed by atoms with Gasteiger partial charge in [0.2, 0.25) is 0 Å². The third-order valence-electron chi connectivity index (χ3n) is 3.62. The van der Waals surface area contributed by atoms with Crippen LogP contribution in [-0.4, -0.2) is 10.9 Å². The number of carbonyl (C=O) groups excluding carboxylic acids is 1. The highest BCUT2D eigenvalue weighted by Gasteiger charge is 2.21. The van der Waals surface area contributed by atoms with Crippen LogP contribution in [0.1, 0.15) is 40.4 Å². The van der Waals surface area contributed by atoms with Crippen LogP contribution in [-0.2, 0) is 6.42 Å². The first-order valence-electron chi connectivity index (χ1n) is 6.63. The normalized spacial score (nSPS) is 17.6. The van der Waals surface area contributed by atoms with Crippen molar-refractivity contribution in [3.63, 3.8) is 0 Å². The van der Waals surface area contributed by atoms with E-state index in [4.69, 9.17) is 0 Å². The number of nitrogens with zero attached hydrogens (tertiary/aromatic N) is 1. The molecule has 0 fully saturated rings. The average molecular weight is 252 g/mol. The first-order chi connectivity index (χ1) is 9.34. The fourth-order valence-electron chi connectivity index (χ4n) is 2.65. The number of hydrogen-bond donors (Lipinski definition) is 1. The average Bonchev–Trinajstić information content (AvgIpc) is 2.48. The minimum Gasteiger partial charge on any atom is -0.345 e. The van der Waals surface area contributed by atoms with Crippen molar-refractivity contribution in [1.29, 1.82) is 0 Å². The molecular formula is C16H16N2O. The lowest BCUT2D eigenvalue weighted by molar-refractivity contribution is 0.0932. The van der Waals surface area contributed by atoms with Gasteiger partial charge in [0.1, 0.15) is 0 Å². The number of carbonyl (C=O) groups is 1. The number of benzene rings is 1. The summed E-state index contributed by atoms with van der Waals surface area (Å²) in [4.78, 5) is 16.1. The Balaban J connectivity index is 1.80. The van der Waals surface area contributed by atoms with Crippen LogP contribution in [0.15, 0.2) is 48.8 Å². The van der Waals surface area contributed by atoms with Crippen molar-refractivity contribution in [3.8, 4) is 0 Å². The van der Waals surface area contributed by atoms with E-state index in [0.717, 1.165) is 19.3 Å². The van der Waals surface area contributed by atoms with Crippen molar-refractivity contribution in [3.05, 3.63) is 65.5 Å². The zero-order chi connectivity index (χ0) is 13.1. The molecule has 1 amide bonds. The monoisotopic (exact) mass is 252 g/mol. The summed E-state index contributed by atoms with van der Waals surface area (Å²) in [6.07, 6.45) is 6.53. The second-order valence-corrected chi connectivity index (χ2v) is 4.85. The summed E-state index contributed by atoms with van der Waals surface area (Å²) in [7, 11) is 0. The molecule has 1 aliphatic carbocycles. The van der Waals surface area contributed by atoms with Crippen molar-refractivity contribution in [2.45, 2.75) is 25.3 Å². The van der Waals surface area contributed by atoms with Crippen molar-refractivity contribution in [1.82, 2.24) is 10.3 Å². The Kier molecular flexibility index (Phi) is 3.27. The zero-order valence-electron chi connectivity index (χ0n) is 10.7. The van der Waals surface area contributed by atoms with Gasteiger partial charge in [0.25, 0.3) is 5.91 Å². The molecule has 0 saturated carbocycles. The number of amides is 1. The number of aryl methyl sites for hydroxylation is 1. The molecule has 0 unspecified atom stereocenters. The van der Waals surface area contributed by atoms with E-state index < -0.39 is 0 Å². The van der Waals surface area contributed by atoms with E-state index in [-0.39, 0.29) is 11.9 Å². The van der Waals surface area contributed by atoms with E-state index in [1.165, 1.54) is 11.1 Å². The van der Waals surface area contributed by atoms with E-state index in [0.29, 0.717) is 5.56 Å². The van der Waals surface area contributed by atoms with Crippen LogP contribution in [0.2, 0.25) is 0 Å². The Bertz CT molecular complexity index is 580. The first kappa shape index (κ1) is 11.9. The van der Waals surface area contributed by atoms with Gasteiger partial charge in [-0.1, -0.05) is 24.3 Å². The lowest BCUT2D eigenvalue weighted by atomic mass is 9.87. The quantitative estimate of drug-likeness (QED) is 0.893. The highest BCUT2D eigenvalue weighted by atomic mass is 16.1. The Hall–Kier alpha value is -2.16. The smallest absolute Gasteiger partial charge is 0.251 e. The molecule has 19 heavy (non-hydrogen) atoms. The standard InChI is InChI=1S/C16H16N2O/c19-16(13-8-10-17-11-9-13)18-15-7-3-5-12-4-1-2-6-14(12)15/h1-2,4,6,8-11,15H,3,5,7H2,(H,18,19)/t15-/m1/s1. The van der Waals surface area contributed by atoms with E-state index in [1.807, 2.05) is 6.07 Å². The summed E-state index contributed by atoms with van der Waals surface area (Å²) in [6, 6.07) is 12.0. The molecule has 96 valence electrons. The van der Waals surface area contributed by atoms with Crippen LogP contribution in [0, 0.1) is 0 Å². The molecule has 1 heterocycles. The molecule has 3 heteroatoms. The largest absolute Gasteiger partial charge is 0.345 e. The first-order valence-corrected chi connectivity index (χ1v) is 6.63. The Morgan fingerprint density at radius 3 is 2.79 bits per heavy atom. The summed E-state index contributed by atoms with van der Waals surface area (Å²) < 4.78 is 0. The van der Waals surface area contributed by atoms with Crippen LogP contribution in [0.5, 0.6) is 0 Å². The third kappa shape index (κ3) is 2.50. The van der Waals surface area contributed by atoms with Crippen LogP contribution in [0.3, 0.4) is 0 Å². The topological polar surface area (TPSA) is 42.0 Å². The molecule has 3 nitrogen and oxygen atoms in total. The van der Waals surface area contributed by atoms with Crippen LogP contribution >= 0.6 is 0 Å². The molecule has 0 radical (unpaired) electrons. The Labute approximate surface area is 112 Å². The Morgan fingerprint density at radius 1 is 1.16 bits per heavy atom. The maximum atomic E-state index is 12.2. The molecule has 0 spiro atoms. The maximum absolute atomic E-state index is 12.2. The second kappa shape index (κ2) is 5.22. The molecule has 0 saturated heterocycles. The maximum Gasteiger partial charge on any atom is 0.251 e. The lowest BCUT2D eigenvalue weighted by Gasteiger charge is -2.26. The van der Waals surface area contributed by atoms with Gasteiger partial charge in [0.05, 0.1) is 6.04 Å². The van der Waals surface area contributed by atoms with Crippen molar-refractivity contribution < 1.29 is 4.79 Å². The molecule has 0 bridgehead atoms. The van der Waals surface area contributed by atoms with E-state index >= 15 is 0 Å². The highest BCUT2D eigenvalue weighted by Crippen LogP contribution is 2.29. The number of fused-ring (bicyclic) bond motifs is 1. The van der Waals surface area contributed by atoms with Gasteiger partial charge in [-0.05, 0) is 42.5 Å². The number of hydrogen-bond acceptors (Lipinski definition) is 2. The fraction of sp³-hybridized carbons (Fsp3) is 0.250. The summed E-state index contributed by atoms with van der Waals surface area (Å²) >= 11 is 0. The SMILES string of the molecule is O=C(N[C@@H]1CCCc2ccccc21)c1ccncc1. The van der Waals surface area contributed by atoms with Crippen molar-refractivity contribution >= 4 is 5.91 Å². The van der Waals surface area contributed by atoms with Gasteiger partial charge >= 0.3 is 0 Å².